The Labute approximate surface area is 134 Å². The van der Waals surface area contributed by atoms with Crippen LogP contribution >= 0.6 is 15.9 Å². The predicted molar refractivity (Wildman–Crippen MR) is 87.1 cm³/mol. The summed E-state index contributed by atoms with van der Waals surface area (Å²) in [6, 6.07) is 8.21. The summed E-state index contributed by atoms with van der Waals surface area (Å²) in [4.78, 5) is 12.4. The Hall–Kier alpha value is -0.910. The van der Waals surface area contributed by atoms with E-state index in [-0.39, 0.29) is 17.4 Å². The predicted octanol–water partition coefficient (Wildman–Crippen LogP) is 2.43. The molecule has 0 saturated carbocycles. The van der Waals surface area contributed by atoms with Gasteiger partial charge in [0.1, 0.15) is 0 Å². The standard InChI is InChI=1S/C16H23BrN2O2/c1-12(11-18-2)15(20)19-16(7-9-21-10-8-16)13-3-5-14(17)6-4-13/h3-6,12,18H,7-11H2,1-2H3,(H,19,20). The van der Waals surface area contributed by atoms with Gasteiger partial charge in [0.2, 0.25) is 5.91 Å². The zero-order valence-corrected chi connectivity index (χ0v) is 14.2. The van der Waals surface area contributed by atoms with Gasteiger partial charge in [0.05, 0.1) is 5.54 Å². The van der Waals surface area contributed by atoms with Crippen molar-refractivity contribution in [2.75, 3.05) is 26.8 Å². The van der Waals surface area contributed by atoms with Crippen molar-refractivity contribution in [2.24, 2.45) is 5.92 Å². The molecule has 2 rings (SSSR count). The van der Waals surface area contributed by atoms with Crippen LogP contribution in [0.25, 0.3) is 0 Å². The third kappa shape index (κ3) is 4.05. The van der Waals surface area contributed by atoms with Crippen LogP contribution in [0.2, 0.25) is 0 Å². The number of halogens is 1. The molecule has 1 amide bonds. The van der Waals surface area contributed by atoms with E-state index in [0.717, 1.165) is 22.9 Å². The van der Waals surface area contributed by atoms with Gasteiger partial charge in [-0.3, -0.25) is 4.79 Å². The molecular weight excluding hydrogens is 332 g/mol. The van der Waals surface area contributed by atoms with Crippen LogP contribution in [0.4, 0.5) is 0 Å². The summed E-state index contributed by atoms with van der Waals surface area (Å²) < 4.78 is 6.53. The first-order chi connectivity index (χ1) is 10.1. The number of hydrogen-bond acceptors (Lipinski definition) is 3. The minimum Gasteiger partial charge on any atom is -0.381 e. The van der Waals surface area contributed by atoms with E-state index < -0.39 is 0 Å². The van der Waals surface area contributed by atoms with Crippen molar-refractivity contribution in [3.8, 4) is 0 Å². The molecule has 0 spiro atoms. The van der Waals surface area contributed by atoms with E-state index in [0.29, 0.717) is 19.8 Å². The van der Waals surface area contributed by atoms with E-state index in [1.165, 1.54) is 0 Å². The van der Waals surface area contributed by atoms with Crippen molar-refractivity contribution in [2.45, 2.75) is 25.3 Å². The van der Waals surface area contributed by atoms with Crippen LogP contribution in [0.1, 0.15) is 25.3 Å². The zero-order valence-electron chi connectivity index (χ0n) is 12.6. The summed E-state index contributed by atoms with van der Waals surface area (Å²) in [5.74, 6) is 0.0411. The van der Waals surface area contributed by atoms with Crippen LogP contribution in [-0.4, -0.2) is 32.7 Å². The van der Waals surface area contributed by atoms with Gasteiger partial charge in [-0.15, -0.1) is 0 Å². The molecule has 0 bridgehead atoms. The van der Waals surface area contributed by atoms with Crippen LogP contribution in [-0.2, 0) is 15.1 Å². The van der Waals surface area contributed by atoms with Crippen LogP contribution < -0.4 is 10.6 Å². The summed E-state index contributed by atoms with van der Waals surface area (Å²) in [7, 11) is 1.86. The molecule has 0 radical (unpaired) electrons. The van der Waals surface area contributed by atoms with Crippen molar-refractivity contribution in [3.63, 3.8) is 0 Å². The molecule has 4 nitrogen and oxygen atoms in total. The second-order valence-electron chi connectivity index (χ2n) is 5.65. The van der Waals surface area contributed by atoms with Gasteiger partial charge in [-0.25, -0.2) is 0 Å². The Kier molecular flexibility index (Phi) is 5.79. The molecule has 0 aromatic heterocycles. The lowest BCUT2D eigenvalue weighted by atomic mass is 9.82. The van der Waals surface area contributed by atoms with Gasteiger partial charge in [0, 0.05) is 30.1 Å². The summed E-state index contributed by atoms with van der Waals surface area (Å²) in [6.07, 6.45) is 1.62. The molecule has 2 N–H and O–H groups in total. The van der Waals surface area contributed by atoms with Crippen LogP contribution in [0, 0.1) is 5.92 Å². The molecule has 1 heterocycles. The number of amides is 1. The molecule has 1 aromatic carbocycles. The van der Waals surface area contributed by atoms with E-state index in [2.05, 4.69) is 38.7 Å². The number of benzene rings is 1. The number of hydrogen-bond donors (Lipinski definition) is 2. The van der Waals surface area contributed by atoms with Crippen LogP contribution in [0.15, 0.2) is 28.7 Å². The fourth-order valence-corrected chi connectivity index (χ4v) is 3.00. The van der Waals surface area contributed by atoms with E-state index in [4.69, 9.17) is 4.74 Å². The molecule has 116 valence electrons. The van der Waals surface area contributed by atoms with Crippen molar-refractivity contribution in [1.82, 2.24) is 10.6 Å². The molecule has 5 heteroatoms. The van der Waals surface area contributed by atoms with Crippen LogP contribution in [0.3, 0.4) is 0 Å². The number of nitrogens with one attached hydrogen (secondary N) is 2. The number of rotatable bonds is 5. The smallest absolute Gasteiger partial charge is 0.224 e. The zero-order chi connectivity index (χ0) is 15.3. The van der Waals surface area contributed by atoms with Gasteiger partial charge in [-0.1, -0.05) is 35.0 Å². The lowest BCUT2D eigenvalue weighted by molar-refractivity contribution is -0.127. The van der Waals surface area contributed by atoms with Gasteiger partial charge in [0.15, 0.2) is 0 Å². The monoisotopic (exact) mass is 354 g/mol. The molecule has 0 aliphatic carbocycles. The summed E-state index contributed by atoms with van der Waals surface area (Å²) >= 11 is 3.46. The summed E-state index contributed by atoms with van der Waals surface area (Å²) in [5.41, 5.74) is 0.844. The highest BCUT2D eigenvalue weighted by Gasteiger charge is 2.36. The quantitative estimate of drug-likeness (QED) is 0.853. The first-order valence-corrected chi connectivity index (χ1v) is 8.17. The van der Waals surface area contributed by atoms with Gasteiger partial charge < -0.3 is 15.4 Å². The van der Waals surface area contributed by atoms with Crippen molar-refractivity contribution in [3.05, 3.63) is 34.3 Å². The van der Waals surface area contributed by atoms with Gasteiger partial charge in [-0.05, 0) is 37.6 Å². The van der Waals surface area contributed by atoms with E-state index >= 15 is 0 Å². The Balaban J connectivity index is 2.21. The van der Waals surface area contributed by atoms with E-state index in [1.807, 2.05) is 26.1 Å². The lowest BCUT2D eigenvalue weighted by Crippen LogP contribution is -2.51. The Morgan fingerprint density at radius 1 is 1.33 bits per heavy atom. The maximum Gasteiger partial charge on any atom is 0.224 e. The highest BCUT2D eigenvalue weighted by atomic mass is 79.9. The largest absolute Gasteiger partial charge is 0.381 e. The topological polar surface area (TPSA) is 50.4 Å². The lowest BCUT2D eigenvalue weighted by Gasteiger charge is -2.39. The third-order valence-corrected chi connectivity index (χ3v) is 4.59. The number of carbonyl (C=O) groups excluding carboxylic acids is 1. The molecule has 21 heavy (non-hydrogen) atoms. The highest BCUT2D eigenvalue weighted by molar-refractivity contribution is 9.10. The SMILES string of the molecule is CNCC(C)C(=O)NC1(c2ccc(Br)cc2)CCOCC1. The number of carbonyl (C=O) groups is 1. The first-order valence-electron chi connectivity index (χ1n) is 7.38. The minimum atomic E-state index is -0.308. The van der Waals surface area contributed by atoms with E-state index in [9.17, 15) is 4.79 Å². The molecular formula is C16H23BrN2O2. The third-order valence-electron chi connectivity index (χ3n) is 4.06. The minimum absolute atomic E-state index is 0.0508. The second-order valence-corrected chi connectivity index (χ2v) is 6.57. The summed E-state index contributed by atoms with van der Waals surface area (Å²) in [5, 5.41) is 6.33. The Morgan fingerprint density at radius 3 is 2.52 bits per heavy atom. The average molecular weight is 355 g/mol. The molecule has 1 atom stereocenters. The maximum absolute atomic E-state index is 12.4. The van der Waals surface area contributed by atoms with Gasteiger partial charge >= 0.3 is 0 Å². The Bertz CT molecular complexity index is 470. The van der Waals surface area contributed by atoms with Gasteiger partial charge in [-0.2, -0.15) is 0 Å². The number of ether oxygens (including phenoxy) is 1. The molecule has 1 unspecified atom stereocenters. The normalized spacial score (nSPS) is 19.0. The van der Waals surface area contributed by atoms with Crippen molar-refractivity contribution in [1.29, 1.82) is 0 Å². The maximum atomic E-state index is 12.4. The second kappa shape index (κ2) is 7.38. The summed E-state index contributed by atoms with van der Waals surface area (Å²) in [6.45, 7) is 3.98. The molecule has 1 aliphatic heterocycles. The average Bonchev–Trinajstić information content (AvgIpc) is 2.49. The molecule has 1 saturated heterocycles. The highest BCUT2D eigenvalue weighted by Crippen LogP contribution is 2.33. The fraction of sp³-hybridized carbons (Fsp3) is 0.562. The first kappa shape index (κ1) is 16.5. The van der Waals surface area contributed by atoms with Crippen molar-refractivity contribution < 1.29 is 9.53 Å². The fourth-order valence-electron chi connectivity index (χ4n) is 2.73. The molecule has 1 fully saturated rings. The Morgan fingerprint density at radius 2 is 1.95 bits per heavy atom. The van der Waals surface area contributed by atoms with Crippen molar-refractivity contribution >= 4 is 21.8 Å². The van der Waals surface area contributed by atoms with Crippen LogP contribution in [0.5, 0.6) is 0 Å². The van der Waals surface area contributed by atoms with E-state index in [1.54, 1.807) is 0 Å². The molecule has 1 aliphatic rings. The van der Waals surface area contributed by atoms with Gasteiger partial charge in [0.25, 0.3) is 0 Å². The molecule has 1 aromatic rings.